The van der Waals surface area contributed by atoms with Gasteiger partial charge in [-0.2, -0.15) is 0 Å². The van der Waals surface area contributed by atoms with Gasteiger partial charge < -0.3 is 9.47 Å². The van der Waals surface area contributed by atoms with Crippen LogP contribution in [0.1, 0.15) is 0 Å². The average Bonchev–Trinajstić information content (AvgIpc) is 2.27. The quantitative estimate of drug-likeness (QED) is 0.584. The monoisotopic (exact) mass is 226 g/mol. The van der Waals surface area contributed by atoms with Crippen molar-refractivity contribution < 1.29 is 14.3 Å². The van der Waals surface area contributed by atoms with Crippen molar-refractivity contribution in [1.82, 2.24) is 0 Å². The van der Waals surface area contributed by atoms with Gasteiger partial charge in [-0.05, 0) is 30.3 Å². The van der Waals surface area contributed by atoms with E-state index in [-0.39, 0.29) is 0 Å². The number of hydrogen-bond donors (Lipinski definition) is 0. The molecule has 0 aliphatic heterocycles. The van der Waals surface area contributed by atoms with Gasteiger partial charge in [-0.15, -0.1) is 0 Å². The second kappa shape index (κ2) is 5.41. The fourth-order valence-corrected chi connectivity index (χ4v) is 1.09. The van der Waals surface area contributed by atoms with E-state index in [4.69, 9.17) is 16.3 Å². The van der Waals surface area contributed by atoms with Gasteiger partial charge in [0.25, 0.3) is 0 Å². The smallest absolute Gasteiger partial charge is 0.351 e. The summed E-state index contributed by atoms with van der Waals surface area (Å²) in [6.07, 6.45) is 0.580. The highest BCUT2D eigenvalue weighted by Gasteiger charge is 2.16. The minimum atomic E-state index is -0.795. The maximum atomic E-state index is 11.2. The third kappa shape index (κ3) is 3.29. The van der Waals surface area contributed by atoms with Crippen molar-refractivity contribution in [2.45, 2.75) is 6.10 Å². The molecule has 0 radical (unpaired) electrons. The summed E-state index contributed by atoms with van der Waals surface area (Å²) < 4.78 is 9.86. The molecule has 0 heterocycles. The summed E-state index contributed by atoms with van der Waals surface area (Å²) in [5.74, 6) is 0.0506. The number of carbonyl (C=O) groups is 1. The van der Waals surface area contributed by atoms with E-state index in [0.29, 0.717) is 10.8 Å². The van der Waals surface area contributed by atoms with E-state index in [1.54, 1.807) is 24.3 Å². The second-order valence-electron chi connectivity index (χ2n) is 2.75. The molecule has 0 N–H and O–H groups in total. The van der Waals surface area contributed by atoms with Crippen LogP contribution >= 0.6 is 11.6 Å². The first-order chi connectivity index (χ1) is 7.17. The van der Waals surface area contributed by atoms with Crippen LogP contribution < -0.4 is 4.74 Å². The van der Waals surface area contributed by atoms with E-state index in [1.807, 2.05) is 0 Å². The highest BCUT2D eigenvalue weighted by Crippen LogP contribution is 2.17. The largest absolute Gasteiger partial charge is 0.475 e. The fourth-order valence-electron chi connectivity index (χ4n) is 0.968. The number of carbonyl (C=O) groups excluding carboxylic acids is 1. The minimum absolute atomic E-state index is 0.486. The molecule has 0 bridgehead atoms. The summed E-state index contributed by atoms with van der Waals surface area (Å²) >= 11 is 5.70. The Kier molecular flexibility index (Phi) is 4.18. The van der Waals surface area contributed by atoms with Gasteiger partial charge in [-0.1, -0.05) is 18.2 Å². The molecule has 0 saturated heterocycles. The molecule has 1 rings (SSSR count). The number of hydrogen-bond acceptors (Lipinski definition) is 3. The Morgan fingerprint density at radius 3 is 2.53 bits per heavy atom. The van der Waals surface area contributed by atoms with Crippen molar-refractivity contribution >= 4 is 17.6 Å². The molecule has 15 heavy (non-hydrogen) atoms. The highest BCUT2D eigenvalue weighted by atomic mass is 35.5. The van der Waals surface area contributed by atoms with Crippen molar-refractivity contribution in [1.29, 1.82) is 0 Å². The summed E-state index contributed by atoms with van der Waals surface area (Å²) in [7, 11) is 1.30. The standard InChI is InChI=1S/C11H11ClO3/c1-3-10(11(13)14-2)15-9-6-4-8(12)5-7-9/h3-7,10H,1H2,2H3. The highest BCUT2D eigenvalue weighted by molar-refractivity contribution is 6.30. The molecule has 80 valence electrons. The molecule has 0 spiro atoms. The molecular formula is C11H11ClO3. The molecule has 1 aromatic carbocycles. The van der Waals surface area contributed by atoms with Crippen LogP contribution in [0.4, 0.5) is 0 Å². The van der Waals surface area contributed by atoms with Gasteiger partial charge in [-0.25, -0.2) is 4.79 Å². The molecule has 0 fully saturated rings. The lowest BCUT2D eigenvalue weighted by molar-refractivity contribution is -0.146. The van der Waals surface area contributed by atoms with E-state index >= 15 is 0 Å². The summed E-state index contributed by atoms with van der Waals surface area (Å²) in [6.45, 7) is 3.49. The molecule has 1 atom stereocenters. The maximum absolute atomic E-state index is 11.2. The molecule has 1 aromatic rings. The van der Waals surface area contributed by atoms with Crippen molar-refractivity contribution in [3.8, 4) is 5.75 Å². The molecule has 0 aliphatic rings. The molecule has 0 aromatic heterocycles. The van der Waals surface area contributed by atoms with Crippen LogP contribution in [-0.4, -0.2) is 19.2 Å². The van der Waals surface area contributed by atoms with Crippen LogP contribution in [0, 0.1) is 0 Å². The first kappa shape index (κ1) is 11.6. The third-order valence-corrected chi connectivity index (χ3v) is 1.98. The van der Waals surface area contributed by atoms with Gasteiger partial charge in [-0.3, -0.25) is 0 Å². The van der Waals surface area contributed by atoms with E-state index in [9.17, 15) is 4.79 Å². The Morgan fingerprint density at radius 2 is 2.07 bits per heavy atom. The average molecular weight is 227 g/mol. The van der Waals surface area contributed by atoms with Gasteiger partial charge >= 0.3 is 5.97 Å². The van der Waals surface area contributed by atoms with Crippen LogP contribution in [0.15, 0.2) is 36.9 Å². The minimum Gasteiger partial charge on any atom is -0.475 e. The first-order valence-electron chi connectivity index (χ1n) is 4.30. The van der Waals surface area contributed by atoms with Gasteiger partial charge in [0.1, 0.15) is 5.75 Å². The lowest BCUT2D eigenvalue weighted by Gasteiger charge is -2.12. The van der Waals surface area contributed by atoms with Gasteiger partial charge in [0.05, 0.1) is 7.11 Å². The van der Waals surface area contributed by atoms with Crippen LogP contribution in [0.5, 0.6) is 5.75 Å². The van der Waals surface area contributed by atoms with Gasteiger partial charge in [0.2, 0.25) is 6.10 Å². The zero-order chi connectivity index (χ0) is 11.3. The molecule has 0 aliphatic carbocycles. The number of benzene rings is 1. The Hall–Kier alpha value is -1.48. The lowest BCUT2D eigenvalue weighted by Crippen LogP contribution is -2.26. The first-order valence-corrected chi connectivity index (χ1v) is 4.67. The molecule has 1 unspecified atom stereocenters. The van der Waals surface area contributed by atoms with Crippen LogP contribution in [0.3, 0.4) is 0 Å². The molecule has 4 heteroatoms. The Morgan fingerprint density at radius 1 is 1.47 bits per heavy atom. The number of esters is 1. The SMILES string of the molecule is C=CC(Oc1ccc(Cl)cc1)C(=O)OC. The number of ether oxygens (including phenoxy) is 2. The summed E-state index contributed by atoms with van der Waals surface area (Å²) in [4.78, 5) is 11.2. The summed E-state index contributed by atoms with van der Waals surface area (Å²) in [6, 6.07) is 6.69. The molecule has 0 saturated carbocycles. The van der Waals surface area contributed by atoms with Crippen molar-refractivity contribution in [3.05, 3.63) is 41.9 Å². The van der Waals surface area contributed by atoms with Crippen LogP contribution in [-0.2, 0) is 9.53 Å². The lowest BCUT2D eigenvalue weighted by atomic mass is 10.3. The Balaban J connectivity index is 2.71. The van der Waals surface area contributed by atoms with E-state index in [2.05, 4.69) is 11.3 Å². The predicted octanol–water partition coefficient (Wildman–Crippen LogP) is 2.45. The van der Waals surface area contributed by atoms with E-state index < -0.39 is 12.1 Å². The molecular weight excluding hydrogens is 216 g/mol. The topological polar surface area (TPSA) is 35.5 Å². The van der Waals surface area contributed by atoms with Crippen molar-refractivity contribution in [3.63, 3.8) is 0 Å². The van der Waals surface area contributed by atoms with Gasteiger partial charge in [0, 0.05) is 5.02 Å². The number of methoxy groups -OCH3 is 1. The normalized spacial score (nSPS) is 11.6. The van der Waals surface area contributed by atoms with E-state index in [1.165, 1.54) is 13.2 Å². The fraction of sp³-hybridized carbons (Fsp3) is 0.182. The van der Waals surface area contributed by atoms with Crippen LogP contribution in [0.25, 0.3) is 0 Å². The Labute approximate surface area is 93.3 Å². The maximum Gasteiger partial charge on any atom is 0.351 e. The van der Waals surface area contributed by atoms with Crippen molar-refractivity contribution in [2.75, 3.05) is 7.11 Å². The Bertz CT molecular complexity index is 345. The van der Waals surface area contributed by atoms with Gasteiger partial charge in [0.15, 0.2) is 0 Å². The zero-order valence-corrected chi connectivity index (χ0v) is 9.03. The summed E-state index contributed by atoms with van der Waals surface area (Å²) in [5, 5.41) is 0.607. The zero-order valence-electron chi connectivity index (χ0n) is 8.27. The van der Waals surface area contributed by atoms with Crippen molar-refractivity contribution in [2.24, 2.45) is 0 Å². The third-order valence-electron chi connectivity index (χ3n) is 1.72. The van der Waals surface area contributed by atoms with Crippen LogP contribution in [0.2, 0.25) is 5.02 Å². The molecule has 3 nitrogen and oxygen atoms in total. The predicted molar refractivity (Wildman–Crippen MR) is 58.1 cm³/mol. The summed E-state index contributed by atoms with van der Waals surface area (Å²) in [5.41, 5.74) is 0. The molecule has 0 amide bonds. The van der Waals surface area contributed by atoms with E-state index in [0.717, 1.165) is 0 Å². The number of halogens is 1. The number of rotatable bonds is 4. The second-order valence-corrected chi connectivity index (χ2v) is 3.19.